The Morgan fingerprint density at radius 3 is 2.50 bits per heavy atom. The molecule has 0 saturated carbocycles. The fourth-order valence-electron chi connectivity index (χ4n) is 0.789. The third-order valence-corrected chi connectivity index (χ3v) is 1.98. The molecule has 0 aliphatic carbocycles. The van der Waals surface area contributed by atoms with Crippen LogP contribution in [0.1, 0.15) is 12.8 Å². The molecule has 1 rings (SSSR count). The molecule has 1 aliphatic heterocycles. The molecule has 56 valence electrons. The molecule has 5 heteroatoms. The Bertz CT molecular complexity index is 269. The quantitative estimate of drug-likeness (QED) is 0.460. The van der Waals surface area contributed by atoms with E-state index in [4.69, 9.17) is 0 Å². The van der Waals surface area contributed by atoms with Crippen molar-refractivity contribution in [3.8, 4) is 0 Å². The number of hydrogen-bond acceptors (Lipinski definition) is 3. The molecule has 0 atom stereocenters. The molecule has 0 unspecified atom stereocenters. The first-order chi connectivity index (χ1) is 4.70. The van der Waals surface area contributed by atoms with Crippen LogP contribution in [0.2, 0.25) is 0 Å². The summed E-state index contributed by atoms with van der Waals surface area (Å²) in [4.78, 5) is 10.8. The van der Waals surface area contributed by atoms with E-state index in [1.807, 2.05) is 0 Å². The van der Waals surface area contributed by atoms with Crippen molar-refractivity contribution in [1.82, 2.24) is 5.32 Å². The Labute approximate surface area is 59.8 Å². The summed E-state index contributed by atoms with van der Waals surface area (Å²) in [6.45, 7) is 0.447. The highest BCUT2D eigenvalue weighted by Gasteiger charge is 2.14. The summed E-state index contributed by atoms with van der Waals surface area (Å²) in [6, 6.07) is 0. The molecule has 0 aromatic rings. The number of hydrogen-bond donors (Lipinski definition) is 1. The van der Waals surface area contributed by atoms with Crippen molar-refractivity contribution in [2.24, 2.45) is 0 Å². The van der Waals surface area contributed by atoms with Gasteiger partial charge in [0.05, 0.1) is 6.42 Å². The van der Waals surface area contributed by atoms with E-state index in [1.54, 1.807) is 0 Å². The van der Waals surface area contributed by atoms with E-state index in [1.165, 1.54) is 0 Å². The molecule has 10 heavy (non-hydrogen) atoms. The highest BCUT2D eigenvalue weighted by Crippen LogP contribution is 1.95. The standard InChI is InChI=1S/C5H7NO3S/c7-4-1-2-6-5(3-4)10(8)9/h6H,1-3H2. The highest BCUT2D eigenvalue weighted by molar-refractivity contribution is 7.72. The topological polar surface area (TPSA) is 63.2 Å². The van der Waals surface area contributed by atoms with Gasteiger partial charge in [-0.15, -0.1) is 0 Å². The largest absolute Gasteiger partial charge is 0.299 e. The van der Waals surface area contributed by atoms with Gasteiger partial charge in [0.15, 0.2) is 0 Å². The van der Waals surface area contributed by atoms with Gasteiger partial charge in [0, 0.05) is 13.0 Å². The van der Waals surface area contributed by atoms with Gasteiger partial charge in [0.1, 0.15) is 10.8 Å². The number of piperidine rings is 1. The highest BCUT2D eigenvalue weighted by atomic mass is 32.2. The number of carbonyl (C=O) groups is 1. The second kappa shape index (κ2) is 2.94. The summed E-state index contributed by atoms with van der Waals surface area (Å²) in [6.07, 6.45) is 0.469. The average Bonchev–Trinajstić information content (AvgIpc) is 1.88. The van der Waals surface area contributed by atoms with Crippen molar-refractivity contribution in [3.05, 3.63) is 0 Å². The molecule has 0 radical (unpaired) electrons. The van der Waals surface area contributed by atoms with E-state index in [0.717, 1.165) is 0 Å². The Morgan fingerprint density at radius 2 is 2.10 bits per heavy atom. The molecule has 0 spiro atoms. The summed E-state index contributed by atoms with van der Waals surface area (Å²) >= 11 is 0. The summed E-state index contributed by atoms with van der Waals surface area (Å²) in [5.41, 5.74) is 0. The van der Waals surface area contributed by atoms with Crippen molar-refractivity contribution in [3.63, 3.8) is 0 Å². The zero-order valence-corrected chi connectivity index (χ0v) is 6.07. The van der Waals surface area contributed by atoms with Crippen LogP contribution in [-0.2, 0) is 15.1 Å². The van der Waals surface area contributed by atoms with Gasteiger partial charge in [-0.25, -0.2) is 0 Å². The van der Waals surface area contributed by atoms with E-state index in [2.05, 4.69) is 5.32 Å². The minimum atomic E-state index is -2.24. The lowest BCUT2D eigenvalue weighted by atomic mass is 10.1. The minimum absolute atomic E-state index is 0.0158. The van der Waals surface area contributed by atoms with Crippen LogP contribution in [-0.4, -0.2) is 25.7 Å². The predicted octanol–water partition coefficient (Wildman–Crippen LogP) is -1.05. The van der Waals surface area contributed by atoms with E-state index in [0.29, 0.717) is 13.0 Å². The molecule has 0 amide bonds. The lowest BCUT2D eigenvalue weighted by Crippen LogP contribution is -2.34. The zero-order valence-electron chi connectivity index (χ0n) is 5.25. The second-order valence-electron chi connectivity index (χ2n) is 2.05. The normalized spacial score (nSPS) is 19.2. The van der Waals surface area contributed by atoms with Crippen LogP contribution in [0.3, 0.4) is 0 Å². The van der Waals surface area contributed by atoms with Crippen molar-refractivity contribution >= 4 is 21.1 Å². The number of nitrogens with one attached hydrogen (secondary N) is 1. The summed E-state index contributed by atoms with van der Waals surface area (Å²) in [5.74, 6) is -0.0158. The van der Waals surface area contributed by atoms with E-state index >= 15 is 0 Å². The van der Waals surface area contributed by atoms with Gasteiger partial charge in [-0.2, -0.15) is 8.42 Å². The van der Waals surface area contributed by atoms with Crippen molar-refractivity contribution in [2.75, 3.05) is 6.54 Å². The second-order valence-corrected chi connectivity index (χ2v) is 3.01. The third kappa shape index (κ3) is 1.65. The van der Waals surface area contributed by atoms with Gasteiger partial charge in [-0.3, -0.25) is 10.1 Å². The Morgan fingerprint density at radius 1 is 1.40 bits per heavy atom. The number of ketones is 1. The molecular weight excluding hydrogens is 154 g/mol. The fourth-order valence-corrected chi connectivity index (χ4v) is 1.29. The number of Topliss-reactive ketones (excluding diaryl/α,β-unsaturated/α-hetero) is 1. The van der Waals surface area contributed by atoms with Crippen LogP contribution in [0, 0.1) is 0 Å². The monoisotopic (exact) mass is 161 g/mol. The van der Waals surface area contributed by atoms with Gasteiger partial charge >= 0.3 is 0 Å². The molecule has 1 heterocycles. The van der Waals surface area contributed by atoms with Gasteiger partial charge in [-0.05, 0) is 0 Å². The van der Waals surface area contributed by atoms with Gasteiger partial charge < -0.3 is 0 Å². The molecule has 0 bridgehead atoms. The van der Waals surface area contributed by atoms with Crippen LogP contribution in [0.4, 0.5) is 0 Å². The summed E-state index contributed by atoms with van der Waals surface area (Å²) in [7, 11) is -2.24. The molecule has 1 saturated heterocycles. The van der Waals surface area contributed by atoms with Gasteiger partial charge in [0.25, 0.3) is 0 Å². The van der Waals surface area contributed by atoms with Crippen LogP contribution in [0.25, 0.3) is 0 Å². The Balaban J connectivity index is 2.84. The number of carbonyl (C=O) groups excluding carboxylic acids is 1. The molecule has 4 nitrogen and oxygen atoms in total. The maximum Gasteiger partial charge on any atom is 0.228 e. The van der Waals surface area contributed by atoms with Crippen LogP contribution < -0.4 is 5.32 Å². The van der Waals surface area contributed by atoms with Crippen molar-refractivity contribution in [2.45, 2.75) is 12.8 Å². The van der Waals surface area contributed by atoms with Crippen LogP contribution >= 0.6 is 0 Å². The van der Waals surface area contributed by atoms with Crippen LogP contribution in [0.5, 0.6) is 0 Å². The minimum Gasteiger partial charge on any atom is -0.299 e. The molecule has 1 aliphatic rings. The number of rotatable bonds is 0. The molecule has 0 aromatic heterocycles. The maximum absolute atomic E-state index is 10.6. The SMILES string of the molecule is O=C1CCNC(=S(=O)=O)C1. The zero-order chi connectivity index (χ0) is 7.56. The Kier molecular flexibility index (Phi) is 2.18. The maximum atomic E-state index is 10.6. The Hall–Kier alpha value is -0.680. The van der Waals surface area contributed by atoms with E-state index in [-0.39, 0.29) is 17.2 Å². The lowest BCUT2D eigenvalue weighted by Gasteiger charge is -2.09. The van der Waals surface area contributed by atoms with Crippen molar-refractivity contribution in [1.29, 1.82) is 0 Å². The van der Waals surface area contributed by atoms with Gasteiger partial charge in [0.2, 0.25) is 10.3 Å². The van der Waals surface area contributed by atoms with Gasteiger partial charge in [-0.1, -0.05) is 0 Å². The first-order valence-electron chi connectivity index (χ1n) is 2.91. The smallest absolute Gasteiger partial charge is 0.228 e. The summed E-state index contributed by atoms with van der Waals surface area (Å²) < 4.78 is 20.5. The molecule has 1 fully saturated rings. The molecule has 1 N–H and O–H groups in total. The third-order valence-electron chi connectivity index (χ3n) is 1.28. The van der Waals surface area contributed by atoms with E-state index < -0.39 is 10.3 Å². The van der Waals surface area contributed by atoms with E-state index in [9.17, 15) is 13.2 Å². The first kappa shape index (κ1) is 7.43. The van der Waals surface area contributed by atoms with Crippen molar-refractivity contribution < 1.29 is 13.2 Å². The summed E-state index contributed by atoms with van der Waals surface area (Å²) in [5, 5.41) is 2.63. The van der Waals surface area contributed by atoms with Crippen LogP contribution in [0.15, 0.2) is 0 Å². The molecule has 0 aromatic carbocycles. The fraction of sp³-hybridized carbons (Fsp3) is 0.600. The lowest BCUT2D eigenvalue weighted by molar-refractivity contribution is -0.118. The first-order valence-corrected chi connectivity index (χ1v) is 3.98. The predicted molar refractivity (Wildman–Crippen MR) is 36.2 cm³/mol. The average molecular weight is 161 g/mol. The molecular formula is C5H7NO3S.